The molecular weight excluding hydrogens is 362 g/mol. The normalized spacial score (nSPS) is 10.9. The van der Waals surface area contributed by atoms with Crippen molar-refractivity contribution in [3.05, 3.63) is 73.3 Å². The molecule has 148 valence electrons. The minimum Gasteiger partial charge on any atom is -0.396 e. The van der Waals surface area contributed by atoms with Gasteiger partial charge in [0.1, 0.15) is 0 Å². The van der Waals surface area contributed by atoms with Crippen molar-refractivity contribution in [1.82, 2.24) is 14.5 Å². The third-order valence-electron chi connectivity index (χ3n) is 4.86. The van der Waals surface area contributed by atoms with Gasteiger partial charge in [-0.25, -0.2) is 0 Å². The Morgan fingerprint density at radius 3 is 2.66 bits per heavy atom. The molecule has 0 unspecified atom stereocenters. The fourth-order valence-corrected chi connectivity index (χ4v) is 3.44. The van der Waals surface area contributed by atoms with Crippen molar-refractivity contribution in [1.29, 1.82) is 0 Å². The van der Waals surface area contributed by atoms with E-state index in [1.807, 2.05) is 24.4 Å². The van der Waals surface area contributed by atoms with Gasteiger partial charge < -0.3 is 20.3 Å². The van der Waals surface area contributed by atoms with Crippen molar-refractivity contribution in [2.45, 2.75) is 13.0 Å². The van der Waals surface area contributed by atoms with Crippen LogP contribution in [0.5, 0.6) is 0 Å². The predicted molar refractivity (Wildman–Crippen MR) is 118 cm³/mol. The first-order valence-electron chi connectivity index (χ1n) is 9.88. The van der Waals surface area contributed by atoms with Crippen LogP contribution in [0.15, 0.2) is 73.3 Å². The van der Waals surface area contributed by atoms with Crippen LogP contribution in [0.4, 0.5) is 11.4 Å². The number of fused-ring (bicyclic) bond motifs is 1. The predicted octanol–water partition coefficient (Wildman–Crippen LogP) is 4.00. The van der Waals surface area contributed by atoms with E-state index < -0.39 is 0 Å². The van der Waals surface area contributed by atoms with E-state index in [-0.39, 0.29) is 6.61 Å². The Morgan fingerprint density at radius 2 is 1.79 bits per heavy atom. The van der Waals surface area contributed by atoms with E-state index in [4.69, 9.17) is 5.11 Å². The zero-order valence-corrected chi connectivity index (χ0v) is 16.3. The number of rotatable bonds is 9. The molecule has 29 heavy (non-hydrogen) atoms. The Kier molecular flexibility index (Phi) is 6.02. The SMILES string of the molecule is OCCCn1ccc2cc(-c3ncccc3NCCNc3ccncc3)ccc21. The Labute approximate surface area is 170 Å². The number of aliphatic hydroxyl groups excluding tert-OH is 1. The molecule has 1 aromatic carbocycles. The van der Waals surface area contributed by atoms with Crippen LogP contribution in [-0.4, -0.2) is 39.3 Å². The summed E-state index contributed by atoms with van der Waals surface area (Å²) in [6.07, 6.45) is 8.22. The Balaban J connectivity index is 1.47. The lowest BCUT2D eigenvalue weighted by atomic mass is 10.1. The van der Waals surface area contributed by atoms with Gasteiger partial charge >= 0.3 is 0 Å². The van der Waals surface area contributed by atoms with Gasteiger partial charge in [-0.3, -0.25) is 9.97 Å². The van der Waals surface area contributed by atoms with Gasteiger partial charge in [-0.05, 0) is 48.9 Å². The molecule has 0 radical (unpaired) electrons. The van der Waals surface area contributed by atoms with E-state index in [2.05, 4.69) is 61.7 Å². The average molecular weight is 387 g/mol. The Bertz CT molecular complexity index is 1060. The molecule has 3 N–H and O–H groups in total. The van der Waals surface area contributed by atoms with Crippen LogP contribution >= 0.6 is 0 Å². The van der Waals surface area contributed by atoms with Gasteiger partial charge in [0.15, 0.2) is 0 Å². The fourth-order valence-electron chi connectivity index (χ4n) is 3.44. The monoisotopic (exact) mass is 387 g/mol. The van der Waals surface area contributed by atoms with Crippen LogP contribution in [0.2, 0.25) is 0 Å². The number of nitrogens with zero attached hydrogens (tertiary/aromatic N) is 3. The summed E-state index contributed by atoms with van der Waals surface area (Å²) in [6.45, 7) is 2.60. The summed E-state index contributed by atoms with van der Waals surface area (Å²) in [5.41, 5.74) is 5.28. The van der Waals surface area contributed by atoms with Gasteiger partial charge in [-0.2, -0.15) is 0 Å². The van der Waals surface area contributed by atoms with Crippen LogP contribution in [0.3, 0.4) is 0 Å². The first-order valence-corrected chi connectivity index (χ1v) is 9.88. The molecular formula is C23H25N5O. The van der Waals surface area contributed by atoms with Crippen molar-refractivity contribution in [3.63, 3.8) is 0 Å². The maximum Gasteiger partial charge on any atom is 0.0933 e. The summed E-state index contributed by atoms with van der Waals surface area (Å²) in [5.74, 6) is 0. The molecule has 0 spiro atoms. The van der Waals surface area contributed by atoms with Gasteiger partial charge in [0.25, 0.3) is 0 Å². The zero-order chi connectivity index (χ0) is 19.9. The molecule has 3 heterocycles. The van der Waals surface area contributed by atoms with Gasteiger partial charge in [0, 0.05) is 73.2 Å². The summed E-state index contributed by atoms with van der Waals surface area (Å²) >= 11 is 0. The number of hydrogen-bond acceptors (Lipinski definition) is 5. The molecule has 0 atom stereocenters. The second-order valence-electron chi connectivity index (χ2n) is 6.85. The summed E-state index contributed by atoms with van der Waals surface area (Å²) in [4.78, 5) is 8.65. The topological polar surface area (TPSA) is 75.0 Å². The van der Waals surface area contributed by atoms with Crippen molar-refractivity contribution >= 4 is 22.3 Å². The van der Waals surface area contributed by atoms with Crippen LogP contribution < -0.4 is 10.6 Å². The number of pyridine rings is 2. The van der Waals surface area contributed by atoms with E-state index in [1.54, 1.807) is 12.4 Å². The molecule has 0 aliphatic heterocycles. The molecule has 0 fully saturated rings. The summed E-state index contributed by atoms with van der Waals surface area (Å²) in [6, 6.07) is 16.5. The van der Waals surface area contributed by atoms with Crippen LogP contribution in [-0.2, 0) is 6.54 Å². The van der Waals surface area contributed by atoms with Gasteiger partial charge in [0.05, 0.1) is 11.4 Å². The molecule has 0 saturated heterocycles. The Hall–Kier alpha value is -3.38. The highest BCUT2D eigenvalue weighted by Gasteiger charge is 2.09. The van der Waals surface area contributed by atoms with Gasteiger partial charge in [-0.15, -0.1) is 0 Å². The molecule has 6 nitrogen and oxygen atoms in total. The molecule has 4 aromatic rings. The zero-order valence-electron chi connectivity index (χ0n) is 16.3. The van der Waals surface area contributed by atoms with Crippen LogP contribution in [0, 0.1) is 0 Å². The number of nitrogens with one attached hydrogen (secondary N) is 2. The number of anilines is 2. The largest absolute Gasteiger partial charge is 0.396 e. The molecule has 4 rings (SSSR count). The molecule has 6 heteroatoms. The van der Waals surface area contributed by atoms with Crippen LogP contribution in [0.1, 0.15) is 6.42 Å². The second kappa shape index (κ2) is 9.21. The minimum atomic E-state index is 0.205. The average Bonchev–Trinajstić information content (AvgIpc) is 3.18. The lowest BCUT2D eigenvalue weighted by molar-refractivity contribution is 0.280. The molecule has 0 saturated carbocycles. The number of aliphatic hydroxyl groups is 1. The van der Waals surface area contributed by atoms with Crippen LogP contribution in [0.25, 0.3) is 22.2 Å². The molecule has 0 bridgehead atoms. The third kappa shape index (κ3) is 4.55. The lowest BCUT2D eigenvalue weighted by Gasteiger charge is -2.13. The first kappa shape index (κ1) is 19.0. The van der Waals surface area contributed by atoms with E-state index in [1.165, 1.54) is 10.9 Å². The highest BCUT2D eigenvalue weighted by Crippen LogP contribution is 2.29. The standard InChI is InChI=1S/C23H25N5O/c29-16-2-14-28-15-8-18-17-19(4-5-22(18)28)23-21(3-1-9-27-23)26-13-12-25-20-6-10-24-11-7-20/h1,3-11,15,17,26,29H,2,12-14,16H2,(H,24,25). The summed E-state index contributed by atoms with van der Waals surface area (Å²) < 4.78 is 2.18. The van der Waals surface area contributed by atoms with E-state index in [9.17, 15) is 0 Å². The highest BCUT2D eigenvalue weighted by atomic mass is 16.3. The fraction of sp³-hybridized carbons (Fsp3) is 0.217. The molecule has 0 amide bonds. The number of benzene rings is 1. The highest BCUT2D eigenvalue weighted by molar-refractivity contribution is 5.87. The molecule has 3 aromatic heterocycles. The number of aryl methyl sites for hydroxylation is 1. The molecule has 0 aliphatic rings. The first-order chi connectivity index (χ1) is 14.3. The Morgan fingerprint density at radius 1 is 0.931 bits per heavy atom. The lowest BCUT2D eigenvalue weighted by Crippen LogP contribution is -2.14. The quantitative estimate of drug-likeness (QED) is 0.379. The van der Waals surface area contributed by atoms with Crippen molar-refractivity contribution in [2.75, 3.05) is 30.3 Å². The molecule has 0 aliphatic carbocycles. The second-order valence-corrected chi connectivity index (χ2v) is 6.85. The summed E-state index contributed by atoms with van der Waals surface area (Å²) in [5, 5.41) is 17.1. The number of aromatic nitrogens is 3. The number of hydrogen-bond donors (Lipinski definition) is 3. The van der Waals surface area contributed by atoms with E-state index in [0.29, 0.717) is 0 Å². The summed E-state index contributed by atoms with van der Waals surface area (Å²) in [7, 11) is 0. The van der Waals surface area contributed by atoms with Gasteiger partial charge in [0.2, 0.25) is 0 Å². The maximum absolute atomic E-state index is 9.08. The third-order valence-corrected chi connectivity index (χ3v) is 4.86. The van der Waals surface area contributed by atoms with Gasteiger partial charge in [-0.1, -0.05) is 6.07 Å². The van der Waals surface area contributed by atoms with Crippen molar-refractivity contribution in [2.24, 2.45) is 0 Å². The smallest absolute Gasteiger partial charge is 0.0933 e. The van der Waals surface area contributed by atoms with E-state index in [0.717, 1.165) is 48.7 Å². The van der Waals surface area contributed by atoms with Crippen molar-refractivity contribution in [3.8, 4) is 11.3 Å². The maximum atomic E-state index is 9.08. The van der Waals surface area contributed by atoms with E-state index >= 15 is 0 Å². The minimum absolute atomic E-state index is 0.205. The van der Waals surface area contributed by atoms with Crippen molar-refractivity contribution < 1.29 is 5.11 Å².